The van der Waals surface area contributed by atoms with Gasteiger partial charge < -0.3 is 14.5 Å². The number of nitrogens with one attached hydrogen (secondary N) is 1. The standard InChI is InChI=1S/C17H25NO2/c1-12(2)19-11-7-10-18-14(4)17-13(3)15-8-5-6-9-16(15)20-17/h5-6,8-9,12,14,18H,7,10-11H2,1-4H3. The summed E-state index contributed by atoms with van der Waals surface area (Å²) in [6.07, 6.45) is 1.33. The molecule has 0 aliphatic rings. The van der Waals surface area contributed by atoms with Crippen LogP contribution in [0, 0.1) is 6.92 Å². The van der Waals surface area contributed by atoms with Gasteiger partial charge in [0.25, 0.3) is 0 Å². The molecule has 1 aromatic carbocycles. The highest BCUT2D eigenvalue weighted by molar-refractivity contribution is 5.82. The zero-order chi connectivity index (χ0) is 14.5. The zero-order valence-corrected chi connectivity index (χ0v) is 12.9. The van der Waals surface area contributed by atoms with Crippen molar-refractivity contribution in [2.24, 2.45) is 0 Å². The molecule has 0 aliphatic carbocycles. The number of rotatable bonds is 7. The van der Waals surface area contributed by atoms with Crippen molar-refractivity contribution in [1.82, 2.24) is 5.32 Å². The molecular weight excluding hydrogens is 250 g/mol. The minimum absolute atomic E-state index is 0.224. The average Bonchev–Trinajstić information content (AvgIpc) is 2.76. The Morgan fingerprint density at radius 1 is 1.20 bits per heavy atom. The molecule has 0 aliphatic heterocycles. The van der Waals surface area contributed by atoms with Crippen molar-refractivity contribution >= 4 is 11.0 Å². The fourth-order valence-corrected chi connectivity index (χ4v) is 2.41. The third-order valence-corrected chi connectivity index (χ3v) is 3.50. The van der Waals surface area contributed by atoms with E-state index in [1.165, 1.54) is 10.9 Å². The van der Waals surface area contributed by atoms with Crippen LogP contribution in [0.1, 0.15) is 44.6 Å². The molecular formula is C17H25NO2. The van der Waals surface area contributed by atoms with Gasteiger partial charge in [-0.05, 0) is 52.3 Å². The number of fused-ring (bicyclic) bond motifs is 1. The Kier molecular flexibility index (Phi) is 5.21. The second kappa shape index (κ2) is 6.91. The van der Waals surface area contributed by atoms with Gasteiger partial charge in [-0.2, -0.15) is 0 Å². The van der Waals surface area contributed by atoms with Crippen molar-refractivity contribution in [2.45, 2.75) is 46.3 Å². The second-order valence-electron chi connectivity index (χ2n) is 5.54. The van der Waals surface area contributed by atoms with Crippen molar-refractivity contribution < 1.29 is 9.15 Å². The highest BCUT2D eigenvalue weighted by atomic mass is 16.5. The molecule has 0 amide bonds. The number of hydrogen-bond donors (Lipinski definition) is 1. The van der Waals surface area contributed by atoms with Gasteiger partial charge >= 0.3 is 0 Å². The number of aryl methyl sites for hydroxylation is 1. The molecule has 1 unspecified atom stereocenters. The van der Waals surface area contributed by atoms with Gasteiger partial charge in [-0.25, -0.2) is 0 Å². The van der Waals surface area contributed by atoms with Crippen LogP contribution in [0.25, 0.3) is 11.0 Å². The summed E-state index contributed by atoms with van der Waals surface area (Å²) in [5, 5.41) is 4.71. The highest BCUT2D eigenvalue weighted by Crippen LogP contribution is 2.28. The van der Waals surface area contributed by atoms with Gasteiger partial charge in [0.2, 0.25) is 0 Å². The number of hydrogen-bond acceptors (Lipinski definition) is 3. The van der Waals surface area contributed by atoms with E-state index < -0.39 is 0 Å². The molecule has 1 aromatic heterocycles. The summed E-state index contributed by atoms with van der Waals surface area (Å²) in [5.74, 6) is 1.04. The van der Waals surface area contributed by atoms with E-state index in [4.69, 9.17) is 9.15 Å². The molecule has 1 heterocycles. The van der Waals surface area contributed by atoms with Crippen LogP contribution in [0.2, 0.25) is 0 Å². The van der Waals surface area contributed by atoms with Gasteiger partial charge in [-0.3, -0.25) is 0 Å². The van der Waals surface area contributed by atoms with Crippen LogP contribution in [0.5, 0.6) is 0 Å². The van der Waals surface area contributed by atoms with Gasteiger partial charge in [0.15, 0.2) is 0 Å². The van der Waals surface area contributed by atoms with E-state index in [2.05, 4.69) is 45.1 Å². The molecule has 3 heteroatoms. The molecule has 0 saturated carbocycles. The van der Waals surface area contributed by atoms with Crippen molar-refractivity contribution in [1.29, 1.82) is 0 Å². The molecule has 2 rings (SSSR count). The topological polar surface area (TPSA) is 34.4 Å². The molecule has 0 saturated heterocycles. The number of benzene rings is 1. The lowest BCUT2D eigenvalue weighted by atomic mass is 10.1. The Hall–Kier alpha value is -1.32. The Bertz CT molecular complexity index is 545. The van der Waals surface area contributed by atoms with Crippen molar-refractivity contribution in [2.75, 3.05) is 13.2 Å². The maximum Gasteiger partial charge on any atom is 0.134 e. The molecule has 3 nitrogen and oxygen atoms in total. The number of furan rings is 1. The van der Waals surface area contributed by atoms with Crippen LogP contribution in [0.4, 0.5) is 0 Å². The Morgan fingerprint density at radius 3 is 2.65 bits per heavy atom. The summed E-state index contributed by atoms with van der Waals surface area (Å²) in [5.41, 5.74) is 2.20. The fourth-order valence-electron chi connectivity index (χ4n) is 2.41. The van der Waals surface area contributed by atoms with E-state index in [0.29, 0.717) is 6.10 Å². The van der Waals surface area contributed by atoms with Crippen LogP contribution in [-0.4, -0.2) is 19.3 Å². The van der Waals surface area contributed by atoms with Crippen LogP contribution in [-0.2, 0) is 4.74 Å². The predicted octanol–water partition coefficient (Wildman–Crippen LogP) is 4.21. The second-order valence-corrected chi connectivity index (χ2v) is 5.54. The first kappa shape index (κ1) is 15.1. The number of para-hydroxylation sites is 1. The summed E-state index contributed by atoms with van der Waals surface area (Å²) >= 11 is 0. The van der Waals surface area contributed by atoms with E-state index in [0.717, 1.165) is 30.9 Å². The molecule has 110 valence electrons. The normalized spacial score (nSPS) is 13.2. The van der Waals surface area contributed by atoms with Gasteiger partial charge in [0, 0.05) is 12.0 Å². The maximum absolute atomic E-state index is 5.96. The highest BCUT2D eigenvalue weighted by Gasteiger charge is 2.15. The summed E-state index contributed by atoms with van der Waals surface area (Å²) in [4.78, 5) is 0. The van der Waals surface area contributed by atoms with Crippen molar-refractivity contribution in [3.63, 3.8) is 0 Å². The van der Waals surface area contributed by atoms with E-state index in [-0.39, 0.29) is 6.04 Å². The minimum atomic E-state index is 0.224. The van der Waals surface area contributed by atoms with Gasteiger partial charge in [-0.1, -0.05) is 18.2 Å². The van der Waals surface area contributed by atoms with Gasteiger partial charge in [-0.15, -0.1) is 0 Å². The first-order valence-corrected chi connectivity index (χ1v) is 7.42. The molecule has 0 radical (unpaired) electrons. The van der Waals surface area contributed by atoms with E-state index >= 15 is 0 Å². The Balaban J connectivity index is 1.91. The van der Waals surface area contributed by atoms with Crippen molar-refractivity contribution in [3.8, 4) is 0 Å². The molecule has 0 spiro atoms. The van der Waals surface area contributed by atoms with Gasteiger partial charge in [0.05, 0.1) is 12.1 Å². The molecule has 1 atom stereocenters. The van der Waals surface area contributed by atoms with Crippen LogP contribution in [0.15, 0.2) is 28.7 Å². The van der Waals surface area contributed by atoms with Crippen LogP contribution >= 0.6 is 0 Å². The molecule has 1 N–H and O–H groups in total. The lowest BCUT2D eigenvalue weighted by molar-refractivity contribution is 0.0767. The van der Waals surface area contributed by atoms with E-state index in [1.807, 2.05) is 12.1 Å². The Labute approximate surface area is 121 Å². The number of ether oxygens (including phenoxy) is 1. The fraction of sp³-hybridized carbons (Fsp3) is 0.529. The lowest BCUT2D eigenvalue weighted by Crippen LogP contribution is -2.21. The molecule has 0 fully saturated rings. The van der Waals surface area contributed by atoms with E-state index in [9.17, 15) is 0 Å². The first-order valence-electron chi connectivity index (χ1n) is 7.42. The largest absolute Gasteiger partial charge is 0.459 e. The molecule has 20 heavy (non-hydrogen) atoms. The quantitative estimate of drug-likeness (QED) is 0.769. The zero-order valence-electron chi connectivity index (χ0n) is 12.9. The SMILES string of the molecule is Cc1c(C(C)NCCCOC(C)C)oc2ccccc12. The van der Waals surface area contributed by atoms with Gasteiger partial charge in [0.1, 0.15) is 11.3 Å². The monoisotopic (exact) mass is 275 g/mol. The molecule has 2 aromatic rings. The average molecular weight is 275 g/mol. The van der Waals surface area contributed by atoms with Crippen LogP contribution < -0.4 is 5.32 Å². The van der Waals surface area contributed by atoms with Crippen LogP contribution in [0.3, 0.4) is 0 Å². The summed E-state index contributed by atoms with van der Waals surface area (Å²) in [6.45, 7) is 10.1. The third kappa shape index (κ3) is 3.62. The Morgan fingerprint density at radius 2 is 1.95 bits per heavy atom. The third-order valence-electron chi connectivity index (χ3n) is 3.50. The summed E-state index contributed by atoms with van der Waals surface area (Å²) < 4.78 is 11.5. The first-order chi connectivity index (χ1) is 9.59. The van der Waals surface area contributed by atoms with Crippen molar-refractivity contribution in [3.05, 3.63) is 35.6 Å². The summed E-state index contributed by atoms with van der Waals surface area (Å²) in [6, 6.07) is 8.42. The summed E-state index contributed by atoms with van der Waals surface area (Å²) in [7, 11) is 0. The maximum atomic E-state index is 5.96. The van der Waals surface area contributed by atoms with E-state index in [1.54, 1.807) is 0 Å². The minimum Gasteiger partial charge on any atom is -0.459 e. The molecule has 0 bridgehead atoms. The lowest BCUT2D eigenvalue weighted by Gasteiger charge is -2.13. The smallest absolute Gasteiger partial charge is 0.134 e. The predicted molar refractivity (Wildman–Crippen MR) is 83.1 cm³/mol.